The van der Waals surface area contributed by atoms with Crippen LogP contribution in [0.4, 0.5) is 0 Å². The average Bonchev–Trinajstić information content (AvgIpc) is 2.11. The number of thioether (sulfide) groups is 1. The van der Waals surface area contributed by atoms with Crippen molar-refractivity contribution in [2.45, 2.75) is 45.6 Å². The van der Waals surface area contributed by atoms with Crippen molar-refractivity contribution in [2.75, 3.05) is 11.5 Å². The van der Waals surface area contributed by atoms with Crippen LogP contribution in [0.5, 0.6) is 0 Å². The van der Waals surface area contributed by atoms with E-state index in [1.807, 2.05) is 11.8 Å². The van der Waals surface area contributed by atoms with Gasteiger partial charge in [0.15, 0.2) is 0 Å². The fourth-order valence-electron chi connectivity index (χ4n) is 2.17. The highest BCUT2D eigenvalue weighted by Crippen LogP contribution is 2.31. The molecule has 0 aromatic carbocycles. The van der Waals surface area contributed by atoms with Crippen molar-refractivity contribution in [2.24, 2.45) is 11.8 Å². The molecule has 78 valence electrons. The van der Waals surface area contributed by atoms with Gasteiger partial charge in [-0.25, -0.2) is 0 Å². The van der Waals surface area contributed by atoms with Gasteiger partial charge in [-0.2, -0.15) is 11.8 Å². The number of rotatable bonds is 4. The summed E-state index contributed by atoms with van der Waals surface area (Å²) in [4.78, 5) is 0. The Morgan fingerprint density at radius 2 is 2.15 bits per heavy atom. The molecule has 1 saturated carbocycles. The van der Waals surface area contributed by atoms with Crippen molar-refractivity contribution in [1.29, 1.82) is 0 Å². The maximum atomic E-state index is 9.78. The van der Waals surface area contributed by atoms with Gasteiger partial charge in [-0.05, 0) is 49.0 Å². The molecule has 1 nitrogen and oxygen atoms in total. The van der Waals surface area contributed by atoms with Gasteiger partial charge >= 0.3 is 0 Å². The van der Waals surface area contributed by atoms with Crippen molar-refractivity contribution in [3.05, 3.63) is 0 Å². The Morgan fingerprint density at radius 3 is 2.85 bits per heavy atom. The first-order chi connectivity index (χ1) is 6.24. The first-order valence-electron chi connectivity index (χ1n) is 5.49. The van der Waals surface area contributed by atoms with Gasteiger partial charge < -0.3 is 5.11 Å². The van der Waals surface area contributed by atoms with Crippen LogP contribution in [0.15, 0.2) is 0 Å². The molecule has 0 aliphatic heterocycles. The van der Waals surface area contributed by atoms with E-state index in [0.717, 1.165) is 12.3 Å². The summed E-state index contributed by atoms with van der Waals surface area (Å²) in [6.07, 6.45) is 4.70. The third-order valence-corrected chi connectivity index (χ3v) is 3.97. The van der Waals surface area contributed by atoms with E-state index in [1.165, 1.54) is 30.8 Å². The minimum atomic E-state index is -0.00587. The molecule has 0 heterocycles. The fraction of sp³-hybridized carbons (Fsp3) is 1.00. The quantitative estimate of drug-likeness (QED) is 0.707. The molecule has 1 fully saturated rings. The maximum Gasteiger partial charge on any atom is 0.0568 e. The Hall–Kier alpha value is 0.310. The van der Waals surface area contributed by atoms with Crippen molar-refractivity contribution in [3.8, 4) is 0 Å². The molecule has 0 aromatic rings. The summed E-state index contributed by atoms with van der Waals surface area (Å²) in [6.45, 7) is 4.51. The van der Waals surface area contributed by atoms with Gasteiger partial charge in [0.05, 0.1) is 6.10 Å². The van der Waals surface area contributed by atoms with Crippen LogP contribution in [0.3, 0.4) is 0 Å². The van der Waals surface area contributed by atoms with Crippen LogP contribution in [0.25, 0.3) is 0 Å². The Morgan fingerprint density at radius 1 is 1.38 bits per heavy atom. The molecule has 1 aliphatic carbocycles. The molecule has 0 bridgehead atoms. The highest BCUT2D eigenvalue weighted by atomic mass is 32.2. The first kappa shape index (κ1) is 11.4. The van der Waals surface area contributed by atoms with Crippen LogP contribution in [-0.4, -0.2) is 22.7 Å². The third-order valence-electron chi connectivity index (χ3n) is 3.04. The van der Waals surface area contributed by atoms with Crippen LogP contribution in [0, 0.1) is 11.8 Å². The van der Waals surface area contributed by atoms with E-state index < -0.39 is 0 Å². The molecule has 1 rings (SSSR count). The molecule has 0 amide bonds. The van der Waals surface area contributed by atoms with E-state index in [0.29, 0.717) is 5.92 Å². The number of aliphatic hydroxyl groups is 1. The zero-order valence-electron chi connectivity index (χ0n) is 8.83. The molecule has 0 aromatic heterocycles. The van der Waals surface area contributed by atoms with Crippen LogP contribution in [0.2, 0.25) is 0 Å². The Balaban J connectivity index is 2.21. The minimum absolute atomic E-state index is 0.00587. The van der Waals surface area contributed by atoms with Gasteiger partial charge in [0.2, 0.25) is 0 Å². The molecule has 3 unspecified atom stereocenters. The summed E-state index contributed by atoms with van der Waals surface area (Å²) in [6, 6.07) is 0. The van der Waals surface area contributed by atoms with Gasteiger partial charge in [-0.3, -0.25) is 0 Å². The molecule has 1 N–H and O–H groups in total. The monoisotopic (exact) mass is 202 g/mol. The summed E-state index contributed by atoms with van der Waals surface area (Å²) < 4.78 is 0. The lowest BCUT2D eigenvalue weighted by Gasteiger charge is -2.31. The fourth-order valence-corrected chi connectivity index (χ4v) is 2.93. The minimum Gasteiger partial charge on any atom is -0.393 e. The van der Waals surface area contributed by atoms with Crippen LogP contribution >= 0.6 is 11.8 Å². The summed E-state index contributed by atoms with van der Waals surface area (Å²) in [5.41, 5.74) is 0. The number of hydrogen-bond acceptors (Lipinski definition) is 2. The highest BCUT2D eigenvalue weighted by Gasteiger charge is 2.26. The zero-order chi connectivity index (χ0) is 9.68. The van der Waals surface area contributed by atoms with Crippen molar-refractivity contribution in [3.63, 3.8) is 0 Å². The molecule has 0 spiro atoms. The lowest BCUT2D eigenvalue weighted by atomic mass is 9.79. The standard InChI is InChI=1S/C11H22OS/c1-3-13-7-6-10-8-9(2)4-5-11(10)12/h9-12H,3-8H2,1-2H3. The molecule has 0 radical (unpaired) electrons. The lowest BCUT2D eigenvalue weighted by Crippen LogP contribution is -2.28. The molecular weight excluding hydrogens is 180 g/mol. The second-order valence-corrected chi connectivity index (χ2v) is 5.63. The van der Waals surface area contributed by atoms with Crippen molar-refractivity contribution in [1.82, 2.24) is 0 Å². The zero-order valence-corrected chi connectivity index (χ0v) is 9.65. The van der Waals surface area contributed by atoms with E-state index in [-0.39, 0.29) is 6.10 Å². The van der Waals surface area contributed by atoms with E-state index >= 15 is 0 Å². The summed E-state index contributed by atoms with van der Waals surface area (Å²) in [5.74, 6) is 3.85. The summed E-state index contributed by atoms with van der Waals surface area (Å²) >= 11 is 1.99. The topological polar surface area (TPSA) is 20.2 Å². The normalized spacial score (nSPS) is 34.8. The average molecular weight is 202 g/mol. The maximum absolute atomic E-state index is 9.78. The van der Waals surface area contributed by atoms with Crippen LogP contribution in [-0.2, 0) is 0 Å². The predicted octanol–water partition coefficient (Wildman–Crippen LogP) is 2.93. The number of aliphatic hydroxyl groups excluding tert-OH is 1. The summed E-state index contributed by atoms with van der Waals surface area (Å²) in [7, 11) is 0. The van der Waals surface area contributed by atoms with E-state index in [2.05, 4.69) is 13.8 Å². The molecule has 2 heteroatoms. The molecular formula is C11H22OS. The van der Waals surface area contributed by atoms with Crippen molar-refractivity contribution < 1.29 is 5.11 Å². The molecule has 13 heavy (non-hydrogen) atoms. The lowest BCUT2D eigenvalue weighted by molar-refractivity contribution is 0.0505. The Bertz CT molecular complexity index is 138. The smallest absolute Gasteiger partial charge is 0.0568 e. The predicted molar refractivity (Wildman–Crippen MR) is 60.1 cm³/mol. The van der Waals surface area contributed by atoms with Gasteiger partial charge in [0.1, 0.15) is 0 Å². The van der Waals surface area contributed by atoms with Crippen LogP contribution < -0.4 is 0 Å². The SMILES string of the molecule is CCSCCC1CC(C)CCC1O. The van der Waals surface area contributed by atoms with E-state index in [4.69, 9.17) is 0 Å². The van der Waals surface area contributed by atoms with E-state index in [1.54, 1.807) is 0 Å². The molecule has 0 saturated heterocycles. The summed E-state index contributed by atoms with van der Waals surface area (Å²) in [5, 5.41) is 9.78. The van der Waals surface area contributed by atoms with E-state index in [9.17, 15) is 5.11 Å². The van der Waals surface area contributed by atoms with Crippen molar-refractivity contribution >= 4 is 11.8 Å². The third kappa shape index (κ3) is 3.90. The largest absolute Gasteiger partial charge is 0.393 e. The van der Waals surface area contributed by atoms with Gasteiger partial charge in [-0.15, -0.1) is 0 Å². The second-order valence-electron chi connectivity index (χ2n) is 4.23. The van der Waals surface area contributed by atoms with Crippen LogP contribution in [0.1, 0.15) is 39.5 Å². The van der Waals surface area contributed by atoms with Gasteiger partial charge in [0, 0.05) is 0 Å². The number of hydrogen-bond donors (Lipinski definition) is 1. The van der Waals surface area contributed by atoms with Gasteiger partial charge in [0.25, 0.3) is 0 Å². The Kier molecular flexibility index (Phi) is 5.18. The molecule has 3 atom stereocenters. The second kappa shape index (κ2) is 5.92. The highest BCUT2D eigenvalue weighted by molar-refractivity contribution is 7.99. The van der Waals surface area contributed by atoms with Gasteiger partial charge in [-0.1, -0.05) is 13.8 Å². The molecule has 1 aliphatic rings. The Labute approximate surface area is 86.3 Å². The first-order valence-corrected chi connectivity index (χ1v) is 6.65.